The minimum absolute atomic E-state index is 0. The largest absolute Gasteiger partial charge is 1.00 e. The van der Waals surface area contributed by atoms with Crippen LogP contribution in [0.1, 0.15) is 8.35 Å². The zero-order valence-electron chi connectivity index (χ0n) is 7.10. The van der Waals surface area contributed by atoms with Crippen molar-refractivity contribution >= 4 is 16.1 Å². The fourth-order valence-corrected chi connectivity index (χ4v) is 0.821. The van der Waals surface area contributed by atoms with Crippen LogP contribution in [0.3, 0.4) is 0 Å². The molecule has 0 aliphatic heterocycles. The molecule has 0 saturated carbocycles. The predicted octanol–water partition coefficient (Wildman–Crippen LogP) is -3.02. The Morgan fingerprint density at radius 1 is 1.55 bits per heavy atom. The Kier molecular flexibility index (Phi) is 6.09. The quantitative estimate of drug-likeness (QED) is 0.275. The van der Waals surface area contributed by atoms with Gasteiger partial charge in [-0.05, 0) is 6.92 Å². The molecule has 0 rings (SSSR count). The van der Waals surface area contributed by atoms with E-state index in [4.69, 9.17) is 9.66 Å². The second kappa shape index (κ2) is 4.89. The standard InChI is InChI=1S/C4H6O5S.Na.H/c1-3(4(5)6)2-10(7,8)9;;/h2H,1H3,(H,5,6)(H,7,8,9);;/q;+1;-1. The van der Waals surface area contributed by atoms with Gasteiger partial charge in [0, 0.05) is 5.57 Å². The molecule has 0 aliphatic rings. The fourth-order valence-electron chi connectivity index (χ4n) is 0.274. The fraction of sp³-hybridized carbons (Fsp3) is 0.250. The third-order valence-electron chi connectivity index (χ3n) is 0.663. The molecule has 0 fully saturated rings. The number of hydrogen-bond donors (Lipinski definition) is 2. The van der Waals surface area contributed by atoms with Crippen LogP contribution in [0.15, 0.2) is 11.0 Å². The normalized spacial score (nSPS) is 12.0. The molecular weight excluding hydrogens is 183 g/mol. The molecule has 0 heterocycles. The van der Waals surface area contributed by atoms with E-state index in [0.717, 1.165) is 6.92 Å². The first kappa shape index (κ1) is 13.7. The van der Waals surface area contributed by atoms with Crippen LogP contribution in [0.4, 0.5) is 0 Å². The van der Waals surface area contributed by atoms with E-state index < -0.39 is 21.7 Å². The molecule has 0 aromatic carbocycles. The van der Waals surface area contributed by atoms with Crippen molar-refractivity contribution in [1.82, 2.24) is 0 Å². The summed E-state index contributed by atoms with van der Waals surface area (Å²) in [6, 6.07) is 0. The van der Waals surface area contributed by atoms with Crippen LogP contribution in [-0.4, -0.2) is 24.0 Å². The van der Waals surface area contributed by atoms with Crippen LogP contribution >= 0.6 is 0 Å². The topological polar surface area (TPSA) is 91.7 Å². The monoisotopic (exact) mass is 190 g/mol. The first-order valence-corrected chi connectivity index (χ1v) is 3.72. The van der Waals surface area contributed by atoms with E-state index in [2.05, 4.69) is 0 Å². The zero-order chi connectivity index (χ0) is 8.36. The van der Waals surface area contributed by atoms with Crippen molar-refractivity contribution < 1.29 is 53.9 Å². The summed E-state index contributed by atoms with van der Waals surface area (Å²) in [6.07, 6.45) is 0. The van der Waals surface area contributed by atoms with E-state index in [0.29, 0.717) is 0 Å². The van der Waals surface area contributed by atoms with Crippen LogP contribution < -0.4 is 29.6 Å². The predicted molar refractivity (Wildman–Crippen MR) is 34.1 cm³/mol. The Balaban J connectivity index is -0.000000405. The second-order valence-electron chi connectivity index (χ2n) is 1.62. The summed E-state index contributed by atoms with van der Waals surface area (Å²) in [5.41, 5.74) is -0.428. The van der Waals surface area contributed by atoms with Gasteiger partial charge in [0.25, 0.3) is 10.1 Å². The van der Waals surface area contributed by atoms with Crippen molar-refractivity contribution in [2.24, 2.45) is 0 Å². The Hall–Kier alpha value is 0.120. The molecule has 0 amide bonds. The molecule has 0 aromatic heterocycles. The maximum Gasteiger partial charge on any atom is 1.00 e. The van der Waals surface area contributed by atoms with Crippen LogP contribution in [0.2, 0.25) is 0 Å². The number of aliphatic carboxylic acids is 1. The van der Waals surface area contributed by atoms with Gasteiger partial charge in [-0.15, -0.1) is 0 Å². The van der Waals surface area contributed by atoms with Crippen LogP contribution in [0.25, 0.3) is 0 Å². The molecule has 60 valence electrons. The number of carboxylic acid groups (broad SMARTS) is 1. The molecule has 0 spiro atoms. The third kappa shape index (κ3) is 8.02. The number of hydrogen-bond acceptors (Lipinski definition) is 3. The summed E-state index contributed by atoms with van der Waals surface area (Å²) in [4.78, 5) is 9.93. The van der Waals surface area contributed by atoms with Gasteiger partial charge in [-0.25, -0.2) is 4.79 Å². The molecule has 0 aliphatic carbocycles. The van der Waals surface area contributed by atoms with E-state index in [1.54, 1.807) is 0 Å². The molecule has 0 atom stereocenters. The molecule has 0 radical (unpaired) electrons. The van der Waals surface area contributed by atoms with E-state index in [-0.39, 0.29) is 36.4 Å². The van der Waals surface area contributed by atoms with Gasteiger partial charge in [0.1, 0.15) is 0 Å². The summed E-state index contributed by atoms with van der Waals surface area (Å²) in [5, 5.41) is 8.37. The molecule has 0 aromatic rings. The van der Waals surface area contributed by atoms with Gasteiger partial charge in [0.2, 0.25) is 0 Å². The molecule has 5 nitrogen and oxygen atoms in total. The van der Waals surface area contributed by atoms with Gasteiger partial charge in [0.05, 0.1) is 5.41 Å². The number of carboxylic acids is 1. The van der Waals surface area contributed by atoms with E-state index in [1.807, 2.05) is 0 Å². The molecule has 0 bridgehead atoms. The molecular formula is C4H7NaO5S. The molecule has 11 heavy (non-hydrogen) atoms. The van der Waals surface area contributed by atoms with Crippen LogP contribution in [0, 0.1) is 0 Å². The van der Waals surface area contributed by atoms with Gasteiger partial charge >= 0.3 is 35.5 Å². The zero-order valence-corrected chi connectivity index (χ0v) is 8.92. The van der Waals surface area contributed by atoms with Gasteiger partial charge in [-0.1, -0.05) is 0 Å². The van der Waals surface area contributed by atoms with Crippen molar-refractivity contribution in [2.75, 3.05) is 0 Å². The summed E-state index contributed by atoms with van der Waals surface area (Å²) in [6.45, 7) is 1.07. The van der Waals surface area contributed by atoms with Crippen molar-refractivity contribution in [3.63, 3.8) is 0 Å². The average Bonchev–Trinajstić information content (AvgIpc) is 1.60. The maximum atomic E-state index is 9.96. The minimum atomic E-state index is -4.31. The van der Waals surface area contributed by atoms with Crippen LogP contribution in [-0.2, 0) is 14.9 Å². The first-order valence-electron chi connectivity index (χ1n) is 2.22. The van der Waals surface area contributed by atoms with E-state index in [9.17, 15) is 13.2 Å². The van der Waals surface area contributed by atoms with Gasteiger partial charge in [-0.3, -0.25) is 4.55 Å². The molecule has 7 heteroatoms. The SMILES string of the molecule is CC(=CS(=O)(=O)O)C(=O)O.[H-].[Na+]. The third-order valence-corrected chi connectivity index (χ3v) is 1.31. The van der Waals surface area contributed by atoms with Gasteiger partial charge in [-0.2, -0.15) is 8.42 Å². The number of rotatable bonds is 2. The molecule has 2 N–H and O–H groups in total. The number of carbonyl (C=O) groups is 1. The molecule has 0 saturated heterocycles. The van der Waals surface area contributed by atoms with Gasteiger partial charge < -0.3 is 6.53 Å². The summed E-state index contributed by atoms with van der Waals surface area (Å²) in [5.74, 6) is -1.38. The Labute approximate surface area is 87.6 Å². The van der Waals surface area contributed by atoms with Crippen molar-refractivity contribution in [2.45, 2.75) is 6.92 Å². The average molecular weight is 190 g/mol. The van der Waals surface area contributed by atoms with E-state index >= 15 is 0 Å². The Morgan fingerprint density at radius 2 is 1.91 bits per heavy atom. The van der Waals surface area contributed by atoms with E-state index in [1.165, 1.54) is 0 Å². The first-order chi connectivity index (χ1) is 4.33. The molecule has 0 unspecified atom stereocenters. The minimum Gasteiger partial charge on any atom is -1.00 e. The van der Waals surface area contributed by atoms with Gasteiger partial charge in [0.15, 0.2) is 0 Å². The van der Waals surface area contributed by atoms with Crippen molar-refractivity contribution in [1.29, 1.82) is 0 Å². The smallest absolute Gasteiger partial charge is 1.00 e. The Morgan fingerprint density at radius 3 is 2.00 bits per heavy atom. The van der Waals surface area contributed by atoms with Crippen LogP contribution in [0.5, 0.6) is 0 Å². The summed E-state index contributed by atoms with van der Waals surface area (Å²) < 4.78 is 28.0. The summed E-state index contributed by atoms with van der Waals surface area (Å²) >= 11 is 0. The second-order valence-corrected chi connectivity index (χ2v) is 2.89. The summed E-state index contributed by atoms with van der Waals surface area (Å²) in [7, 11) is -4.31. The van der Waals surface area contributed by atoms with Crippen molar-refractivity contribution in [3.05, 3.63) is 11.0 Å². The van der Waals surface area contributed by atoms with Crippen molar-refractivity contribution in [3.8, 4) is 0 Å². The Bertz CT molecular complexity index is 269. The maximum absolute atomic E-state index is 9.96.